The van der Waals surface area contributed by atoms with Gasteiger partial charge in [0.1, 0.15) is 0 Å². The molecule has 0 saturated heterocycles. The highest BCUT2D eigenvalue weighted by Crippen LogP contribution is 2.22. The van der Waals surface area contributed by atoms with Crippen molar-refractivity contribution in [1.82, 2.24) is 9.99 Å². The second kappa shape index (κ2) is 9.65. The van der Waals surface area contributed by atoms with E-state index in [2.05, 4.69) is 45.6 Å². The van der Waals surface area contributed by atoms with Crippen molar-refractivity contribution in [1.29, 1.82) is 0 Å². The maximum absolute atomic E-state index is 12.1. The minimum atomic E-state index is -0.153. The zero-order chi connectivity index (χ0) is 20.8. The van der Waals surface area contributed by atoms with Crippen LogP contribution in [0.25, 0.3) is 10.9 Å². The molecule has 0 atom stereocenters. The van der Waals surface area contributed by atoms with E-state index in [0.29, 0.717) is 5.02 Å². The number of nitrogens with one attached hydrogen (secondary N) is 1. The molecule has 1 amide bonds. The molecule has 0 aliphatic carbocycles. The molecule has 4 nitrogen and oxygen atoms in total. The van der Waals surface area contributed by atoms with E-state index in [1.54, 1.807) is 6.21 Å². The summed E-state index contributed by atoms with van der Waals surface area (Å²) in [7, 11) is 0. The molecular weight excluding hydrogens is 414 g/mol. The number of halogens is 1. The number of amides is 1. The summed E-state index contributed by atoms with van der Waals surface area (Å²) in [6.45, 7) is 0.777. The Labute approximate surface area is 184 Å². The van der Waals surface area contributed by atoms with Crippen molar-refractivity contribution in [2.75, 3.05) is 5.75 Å². The summed E-state index contributed by atoms with van der Waals surface area (Å²) in [5, 5.41) is 5.95. The minimum absolute atomic E-state index is 0.153. The summed E-state index contributed by atoms with van der Waals surface area (Å²) in [5.74, 6) is 0.133. The lowest BCUT2D eigenvalue weighted by molar-refractivity contribution is -0.118. The predicted molar refractivity (Wildman–Crippen MR) is 125 cm³/mol. The molecule has 3 aromatic carbocycles. The number of hydrogen-bond acceptors (Lipinski definition) is 3. The number of carbonyl (C=O) groups is 1. The maximum atomic E-state index is 12.1. The van der Waals surface area contributed by atoms with Gasteiger partial charge in [-0.05, 0) is 35.9 Å². The van der Waals surface area contributed by atoms with Crippen molar-refractivity contribution in [2.45, 2.75) is 11.4 Å². The summed E-state index contributed by atoms with van der Waals surface area (Å²) in [6, 6.07) is 25.9. The van der Waals surface area contributed by atoms with Gasteiger partial charge in [-0.15, -0.1) is 11.8 Å². The van der Waals surface area contributed by atoms with Crippen LogP contribution in [0.15, 0.2) is 95.1 Å². The van der Waals surface area contributed by atoms with E-state index in [-0.39, 0.29) is 11.7 Å². The first-order valence-electron chi connectivity index (χ1n) is 9.51. The Morgan fingerprint density at radius 3 is 2.53 bits per heavy atom. The quantitative estimate of drug-likeness (QED) is 0.235. The molecule has 4 aromatic rings. The molecule has 0 bridgehead atoms. The largest absolute Gasteiger partial charge is 0.342 e. The summed E-state index contributed by atoms with van der Waals surface area (Å²) < 4.78 is 2.20. The first-order chi connectivity index (χ1) is 14.7. The zero-order valence-electron chi connectivity index (χ0n) is 16.2. The third-order valence-corrected chi connectivity index (χ3v) is 5.86. The van der Waals surface area contributed by atoms with Crippen molar-refractivity contribution in [3.8, 4) is 0 Å². The van der Waals surface area contributed by atoms with Crippen molar-refractivity contribution in [3.05, 3.63) is 101 Å². The molecule has 0 spiro atoms. The normalized spacial score (nSPS) is 11.2. The fourth-order valence-electron chi connectivity index (χ4n) is 3.17. The van der Waals surface area contributed by atoms with E-state index < -0.39 is 0 Å². The molecule has 0 fully saturated rings. The summed E-state index contributed by atoms with van der Waals surface area (Å²) >= 11 is 7.32. The SMILES string of the molecule is O=C(CSc1ccc(Cl)cc1)N/N=C\c1cn(Cc2ccccc2)c2ccccc12. The zero-order valence-corrected chi connectivity index (χ0v) is 17.7. The lowest BCUT2D eigenvalue weighted by Gasteiger charge is -2.05. The third kappa shape index (κ3) is 5.12. The Bertz CT molecular complexity index is 1170. The molecule has 0 saturated carbocycles. The fourth-order valence-corrected chi connectivity index (χ4v) is 3.99. The van der Waals surface area contributed by atoms with Gasteiger partial charge in [0.25, 0.3) is 0 Å². The topological polar surface area (TPSA) is 46.4 Å². The number of hydrogen-bond donors (Lipinski definition) is 1. The highest BCUT2D eigenvalue weighted by molar-refractivity contribution is 8.00. The minimum Gasteiger partial charge on any atom is -0.342 e. The number of fused-ring (bicyclic) bond motifs is 1. The van der Waals surface area contributed by atoms with Crippen LogP contribution < -0.4 is 5.43 Å². The number of benzene rings is 3. The van der Waals surface area contributed by atoms with Crippen LogP contribution in [0.3, 0.4) is 0 Å². The van der Waals surface area contributed by atoms with Crippen molar-refractivity contribution in [3.63, 3.8) is 0 Å². The van der Waals surface area contributed by atoms with Gasteiger partial charge in [0.15, 0.2) is 0 Å². The van der Waals surface area contributed by atoms with E-state index in [1.807, 2.05) is 54.6 Å². The highest BCUT2D eigenvalue weighted by Gasteiger charge is 2.07. The van der Waals surface area contributed by atoms with Crippen LogP contribution in [0.2, 0.25) is 5.02 Å². The fraction of sp³-hybridized carbons (Fsp3) is 0.0833. The van der Waals surface area contributed by atoms with E-state index in [0.717, 1.165) is 27.9 Å². The molecule has 1 heterocycles. The van der Waals surface area contributed by atoms with E-state index in [9.17, 15) is 4.79 Å². The average Bonchev–Trinajstić information content (AvgIpc) is 3.12. The van der Waals surface area contributed by atoms with Gasteiger partial charge in [0.05, 0.1) is 12.0 Å². The average molecular weight is 434 g/mol. The van der Waals surface area contributed by atoms with Gasteiger partial charge in [0.2, 0.25) is 5.91 Å². The van der Waals surface area contributed by atoms with Crippen LogP contribution in [0.1, 0.15) is 11.1 Å². The van der Waals surface area contributed by atoms with Gasteiger partial charge >= 0.3 is 0 Å². The van der Waals surface area contributed by atoms with Gasteiger partial charge in [-0.1, -0.05) is 60.1 Å². The summed E-state index contributed by atoms with van der Waals surface area (Å²) in [5.41, 5.74) is 5.94. The standard InChI is InChI=1S/C24H20ClN3OS/c25-20-10-12-21(13-11-20)30-17-24(29)27-26-14-19-16-28(15-18-6-2-1-3-7-18)23-9-5-4-8-22(19)23/h1-14,16H,15,17H2,(H,27,29)/b26-14-. The van der Waals surface area contributed by atoms with Crippen LogP contribution in [0.4, 0.5) is 0 Å². The monoisotopic (exact) mass is 433 g/mol. The van der Waals surface area contributed by atoms with Crippen LogP contribution >= 0.6 is 23.4 Å². The number of thioether (sulfide) groups is 1. The molecular formula is C24H20ClN3OS. The molecule has 150 valence electrons. The van der Waals surface area contributed by atoms with Crippen molar-refractivity contribution in [2.24, 2.45) is 5.10 Å². The highest BCUT2D eigenvalue weighted by atomic mass is 35.5. The Hall–Kier alpha value is -3.02. The van der Waals surface area contributed by atoms with Crippen molar-refractivity contribution < 1.29 is 4.79 Å². The Kier molecular flexibility index (Phi) is 6.52. The lowest BCUT2D eigenvalue weighted by Crippen LogP contribution is -2.19. The molecule has 0 aliphatic heterocycles. The first-order valence-corrected chi connectivity index (χ1v) is 10.9. The molecule has 30 heavy (non-hydrogen) atoms. The maximum Gasteiger partial charge on any atom is 0.250 e. The summed E-state index contributed by atoms with van der Waals surface area (Å²) in [6.07, 6.45) is 3.77. The van der Waals surface area contributed by atoms with Crippen LogP contribution in [0.5, 0.6) is 0 Å². The van der Waals surface area contributed by atoms with Gasteiger partial charge in [-0.3, -0.25) is 4.79 Å². The molecule has 1 N–H and O–H groups in total. The second-order valence-electron chi connectivity index (χ2n) is 6.75. The van der Waals surface area contributed by atoms with Gasteiger partial charge in [-0.25, -0.2) is 5.43 Å². The molecule has 1 aromatic heterocycles. The Balaban J connectivity index is 1.42. The number of rotatable bonds is 7. The Morgan fingerprint density at radius 1 is 1.00 bits per heavy atom. The molecule has 4 rings (SSSR count). The van der Waals surface area contributed by atoms with E-state index >= 15 is 0 Å². The first kappa shape index (κ1) is 20.3. The van der Waals surface area contributed by atoms with Crippen LogP contribution in [0, 0.1) is 0 Å². The smallest absolute Gasteiger partial charge is 0.250 e. The summed E-state index contributed by atoms with van der Waals surface area (Å²) in [4.78, 5) is 13.1. The van der Waals surface area contributed by atoms with Gasteiger partial charge in [0, 0.05) is 39.1 Å². The van der Waals surface area contributed by atoms with Crippen LogP contribution in [-0.4, -0.2) is 22.4 Å². The number of para-hydroxylation sites is 1. The number of carbonyl (C=O) groups excluding carboxylic acids is 1. The molecule has 6 heteroatoms. The second-order valence-corrected chi connectivity index (χ2v) is 8.24. The van der Waals surface area contributed by atoms with E-state index in [4.69, 9.17) is 11.6 Å². The number of aromatic nitrogens is 1. The lowest BCUT2D eigenvalue weighted by atomic mass is 10.2. The van der Waals surface area contributed by atoms with Crippen LogP contribution in [-0.2, 0) is 11.3 Å². The number of hydrazone groups is 1. The van der Waals surface area contributed by atoms with Crippen molar-refractivity contribution >= 4 is 46.4 Å². The third-order valence-electron chi connectivity index (χ3n) is 4.59. The van der Waals surface area contributed by atoms with E-state index in [1.165, 1.54) is 17.3 Å². The van der Waals surface area contributed by atoms with Gasteiger partial charge in [-0.2, -0.15) is 5.10 Å². The number of nitrogens with zero attached hydrogens (tertiary/aromatic N) is 2. The molecule has 0 radical (unpaired) electrons. The Morgan fingerprint density at radius 2 is 1.73 bits per heavy atom. The van der Waals surface area contributed by atoms with Gasteiger partial charge < -0.3 is 4.57 Å². The molecule has 0 unspecified atom stereocenters. The predicted octanol–water partition coefficient (Wildman–Crippen LogP) is 5.59. The molecule has 0 aliphatic rings.